The number of fused-ring (bicyclic) bond motifs is 2. The summed E-state index contributed by atoms with van der Waals surface area (Å²) in [5, 5.41) is 0.658. The first kappa shape index (κ1) is 13.2. The van der Waals surface area contributed by atoms with E-state index in [1.165, 1.54) is 4.90 Å². The maximum absolute atomic E-state index is 11.8. The van der Waals surface area contributed by atoms with Crippen LogP contribution in [-0.4, -0.2) is 52.4 Å². The van der Waals surface area contributed by atoms with E-state index in [9.17, 15) is 13.2 Å². The summed E-state index contributed by atoms with van der Waals surface area (Å²) in [6, 6.07) is -1.42. The van der Waals surface area contributed by atoms with Crippen LogP contribution in [0, 0.1) is 0 Å². The van der Waals surface area contributed by atoms with E-state index in [4.69, 9.17) is 27.8 Å². The monoisotopic (exact) mass is 304 g/mol. The topological polar surface area (TPSA) is 87.1 Å². The molecule has 7 nitrogen and oxygen atoms in total. The van der Waals surface area contributed by atoms with Crippen molar-refractivity contribution in [2.24, 2.45) is 0 Å². The summed E-state index contributed by atoms with van der Waals surface area (Å²) in [4.78, 5) is 12.4. The van der Waals surface area contributed by atoms with E-state index in [1.54, 1.807) is 0 Å². The average Bonchev–Trinajstić information content (AvgIpc) is 2.42. The highest BCUT2D eigenvalue weighted by molar-refractivity contribution is 7.80. The molecule has 2 heterocycles. The van der Waals surface area contributed by atoms with Crippen molar-refractivity contribution in [2.45, 2.75) is 29.8 Å². The van der Waals surface area contributed by atoms with Gasteiger partial charge in [0.05, 0.1) is 12.1 Å². The molecule has 1 unspecified atom stereocenters. The molecule has 2 saturated heterocycles. The Balaban J connectivity index is 2.17. The zero-order chi connectivity index (χ0) is 12.8. The van der Waals surface area contributed by atoms with Crippen LogP contribution in [0.5, 0.6) is 0 Å². The van der Waals surface area contributed by atoms with Crippen LogP contribution < -0.4 is 0 Å². The maximum atomic E-state index is 11.8. The third kappa shape index (κ3) is 2.60. The highest BCUT2D eigenvalue weighted by Gasteiger charge is 2.48. The minimum absolute atomic E-state index is 0.287. The molecule has 0 aromatic heterocycles. The van der Waals surface area contributed by atoms with Crippen LogP contribution in [0.4, 0.5) is 4.79 Å². The van der Waals surface area contributed by atoms with Gasteiger partial charge in [-0.05, 0) is 12.8 Å². The molecule has 0 radical (unpaired) electrons. The van der Waals surface area contributed by atoms with Crippen LogP contribution >= 0.6 is 23.2 Å². The van der Waals surface area contributed by atoms with Crippen LogP contribution in [0.15, 0.2) is 0 Å². The number of carbonyl (C=O) groups is 1. The number of amides is 2. The van der Waals surface area contributed by atoms with Crippen molar-refractivity contribution in [3.05, 3.63) is 0 Å². The number of halogens is 2. The second-order valence-electron chi connectivity index (χ2n) is 3.90. The lowest BCUT2D eigenvalue weighted by Crippen LogP contribution is -2.43. The molecule has 98 valence electrons. The summed E-state index contributed by atoms with van der Waals surface area (Å²) >= 11 is 11.5. The zero-order valence-corrected chi connectivity index (χ0v) is 10.8. The van der Waals surface area contributed by atoms with Gasteiger partial charge in [-0.25, -0.2) is 4.79 Å². The van der Waals surface area contributed by atoms with E-state index in [2.05, 4.69) is 4.28 Å². The molecule has 2 amide bonds. The molecular weight excluding hydrogens is 295 g/mol. The number of hydroxylamine groups is 2. The van der Waals surface area contributed by atoms with E-state index >= 15 is 0 Å². The second kappa shape index (κ2) is 4.43. The number of alkyl halides is 2. The predicted molar refractivity (Wildman–Crippen MR) is 58.9 cm³/mol. The second-order valence-corrected chi connectivity index (χ2v) is 6.06. The largest absolute Gasteiger partial charge is 0.418 e. The number of hydrogen-bond donors (Lipinski definition) is 1. The van der Waals surface area contributed by atoms with Crippen molar-refractivity contribution < 1.29 is 22.0 Å². The fourth-order valence-corrected chi connectivity index (χ4v) is 3.04. The molecule has 17 heavy (non-hydrogen) atoms. The molecule has 1 N–H and O–H groups in total. The molecule has 0 aromatic rings. The third-order valence-electron chi connectivity index (χ3n) is 2.83. The molecule has 0 aliphatic carbocycles. The Morgan fingerprint density at radius 1 is 1.41 bits per heavy atom. The molecule has 2 rings (SSSR count). The molecule has 2 atom stereocenters. The quantitative estimate of drug-likeness (QED) is 0.615. The van der Waals surface area contributed by atoms with Gasteiger partial charge in [0, 0.05) is 6.54 Å². The Labute approximate surface area is 108 Å². The lowest BCUT2D eigenvalue weighted by atomic mass is 10.0. The van der Waals surface area contributed by atoms with Gasteiger partial charge in [-0.15, -0.1) is 27.5 Å². The molecule has 2 aliphatic rings. The van der Waals surface area contributed by atoms with Crippen LogP contribution in [0.2, 0.25) is 0 Å². The number of urea groups is 1. The average molecular weight is 305 g/mol. The van der Waals surface area contributed by atoms with Gasteiger partial charge < -0.3 is 4.90 Å². The zero-order valence-electron chi connectivity index (χ0n) is 8.49. The minimum Gasteiger partial charge on any atom is -0.315 e. The van der Waals surface area contributed by atoms with Crippen molar-refractivity contribution in [1.29, 1.82) is 0 Å². The fourth-order valence-electron chi connectivity index (χ4n) is 2.12. The predicted octanol–water partition coefficient (Wildman–Crippen LogP) is 0.793. The van der Waals surface area contributed by atoms with E-state index in [0.717, 1.165) is 0 Å². The molecule has 2 fully saturated rings. The fraction of sp³-hybridized carbons (Fsp3) is 0.857. The summed E-state index contributed by atoms with van der Waals surface area (Å²) in [7, 11) is -4.70. The molecule has 10 heteroatoms. The van der Waals surface area contributed by atoms with E-state index in [-0.39, 0.29) is 12.6 Å². The van der Waals surface area contributed by atoms with Gasteiger partial charge in [0.2, 0.25) is 0 Å². The van der Waals surface area contributed by atoms with Gasteiger partial charge in [0.1, 0.15) is 4.84 Å². The maximum Gasteiger partial charge on any atom is 0.418 e. The van der Waals surface area contributed by atoms with Crippen molar-refractivity contribution in [3.63, 3.8) is 0 Å². The summed E-state index contributed by atoms with van der Waals surface area (Å²) in [6.45, 7) is 0.287. The number of nitrogens with zero attached hydrogens (tertiary/aromatic N) is 2. The Kier molecular flexibility index (Phi) is 3.43. The van der Waals surface area contributed by atoms with E-state index < -0.39 is 27.3 Å². The number of piperidine rings is 1. The normalized spacial score (nSPS) is 29.3. The van der Waals surface area contributed by atoms with Crippen LogP contribution in [0.3, 0.4) is 0 Å². The Morgan fingerprint density at radius 3 is 2.59 bits per heavy atom. The van der Waals surface area contributed by atoms with Crippen LogP contribution in [0.1, 0.15) is 12.8 Å². The van der Waals surface area contributed by atoms with Crippen molar-refractivity contribution in [1.82, 2.24) is 9.96 Å². The smallest absolute Gasteiger partial charge is 0.315 e. The lowest BCUT2D eigenvalue weighted by molar-refractivity contribution is -0.0317. The van der Waals surface area contributed by atoms with Crippen LogP contribution in [-0.2, 0) is 14.7 Å². The first-order valence-electron chi connectivity index (χ1n) is 4.84. The Bertz CT molecular complexity index is 428. The Morgan fingerprint density at radius 2 is 2.06 bits per heavy atom. The highest BCUT2D eigenvalue weighted by Crippen LogP contribution is 2.34. The number of rotatable bonds is 3. The van der Waals surface area contributed by atoms with Gasteiger partial charge in [0.15, 0.2) is 0 Å². The number of hydrogen-bond acceptors (Lipinski definition) is 4. The first-order valence-corrected chi connectivity index (χ1v) is 7.08. The standard InChI is InChI=1S/C7H10Cl2N2O5S/c8-6(9)5-2-1-4-3-10(5)7(12)11(4)16-17(13,14)15/h4-6H,1-3H2,(H,13,14,15)/t4?,5-/m0/s1. The summed E-state index contributed by atoms with van der Waals surface area (Å²) in [5.41, 5.74) is 0. The van der Waals surface area contributed by atoms with Gasteiger partial charge in [0.25, 0.3) is 0 Å². The molecule has 0 spiro atoms. The van der Waals surface area contributed by atoms with Crippen LogP contribution in [0.25, 0.3) is 0 Å². The van der Waals surface area contributed by atoms with E-state index in [0.29, 0.717) is 17.9 Å². The van der Waals surface area contributed by atoms with Crippen molar-refractivity contribution >= 4 is 39.6 Å². The minimum atomic E-state index is -4.70. The molecule has 0 saturated carbocycles. The van der Waals surface area contributed by atoms with Gasteiger partial charge in [-0.2, -0.15) is 13.5 Å². The van der Waals surface area contributed by atoms with Gasteiger partial charge in [-0.3, -0.25) is 4.55 Å². The SMILES string of the molecule is O=C1N(OS(=O)(=O)O)C2CC[C@@H](C(Cl)Cl)N1C2. The van der Waals surface area contributed by atoms with Crippen molar-refractivity contribution in [2.75, 3.05) is 6.54 Å². The highest BCUT2D eigenvalue weighted by atomic mass is 35.5. The first-order chi connectivity index (χ1) is 7.79. The number of carbonyl (C=O) groups excluding carboxylic acids is 1. The molecule has 2 aliphatic heterocycles. The summed E-state index contributed by atoms with van der Waals surface area (Å²) in [6.07, 6.45) is 1.07. The lowest BCUT2D eigenvalue weighted by Gasteiger charge is -2.30. The van der Waals surface area contributed by atoms with Crippen molar-refractivity contribution in [3.8, 4) is 0 Å². The summed E-state index contributed by atoms with van der Waals surface area (Å²) in [5.74, 6) is 0. The Hall–Kier alpha value is -0.280. The molecule has 0 aromatic carbocycles. The molecule has 2 bridgehead atoms. The van der Waals surface area contributed by atoms with Gasteiger partial charge in [-0.1, -0.05) is 0 Å². The summed E-state index contributed by atoms with van der Waals surface area (Å²) < 4.78 is 34.0. The third-order valence-corrected chi connectivity index (χ3v) is 3.77. The van der Waals surface area contributed by atoms with Gasteiger partial charge >= 0.3 is 16.4 Å². The molecular formula is C7H10Cl2N2O5S. The van der Waals surface area contributed by atoms with E-state index in [1.807, 2.05) is 0 Å².